The van der Waals surface area contributed by atoms with Gasteiger partial charge in [0, 0.05) is 31.2 Å². The molecule has 1 aromatic rings. The van der Waals surface area contributed by atoms with Crippen LogP contribution in [0.4, 0.5) is 0 Å². The Labute approximate surface area is 103 Å². The predicted molar refractivity (Wildman–Crippen MR) is 66.4 cm³/mol. The monoisotopic (exact) mass is 232 g/mol. The lowest BCUT2D eigenvalue weighted by Crippen LogP contribution is -2.29. The van der Waals surface area contributed by atoms with Crippen molar-refractivity contribution < 1.29 is 4.79 Å². The quantitative estimate of drug-likeness (QED) is 0.804. The van der Waals surface area contributed by atoms with Gasteiger partial charge in [0.25, 0.3) is 0 Å². The maximum atomic E-state index is 11.9. The summed E-state index contributed by atoms with van der Waals surface area (Å²) in [5, 5.41) is 0. The molecule has 0 amide bonds. The van der Waals surface area contributed by atoms with Crippen LogP contribution in [0, 0.1) is 17.8 Å². The van der Waals surface area contributed by atoms with Gasteiger partial charge < -0.3 is 0 Å². The SMILES string of the molecule is CC(C)C1CCC(=O)C(Cc2ncccn2)C1. The molecule has 0 aliphatic heterocycles. The van der Waals surface area contributed by atoms with Crippen LogP contribution >= 0.6 is 0 Å². The molecule has 3 heteroatoms. The van der Waals surface area contributed by atoms with Crippen molar-refractivity contribution >= 4 is 5.78 Å². The highest BCUT2D eigenvalue weighted by Crippen LogP contribution is 2.32. The number of hydrogen-bond donors (Lipinski definition) is 0. The Hall–Kier alpha value is -1.25. The van der Waals surface area contributed by atoms with Crippen LogP contribution < -0.4 is 0 Å². The molecule has 2 atom stereocenters. The third-order valence-electron chi connectivity index (χ3n) is 3.80. The van der Waals surface area contributed by atoms with E-state index in [1.54, 1.807) is 12.4 Å². The number of hydrogen-bond acceptors (Lipinski definition) is 3. The van der Waals surface area contributed by atoms with Gasteiger partial charge in [0.2, 0.25) is 0 Å². The molecule has 2 rings (SSSR count). The Balaban J connectivity index is 2.01. The van der Waals surface area contributed by atoms with E-state index in [1.807, 2.05) is 6.07 Å². The van der Waals surface area contributed by atoms with E-state index in [1.165, 1.54) is 0 Å². The van der Waals surface area contributed by atoms with E-state index < -0.39 is 0 Å². The standard InChI is InChI=1S/C14H20N2O/c1-10(2)11-4-5-13(17)12(8-11)9-14-15-6-3-7-16-14/h3,6-7,10-12H,4-5,8-9H2,1-2H3. The van der Waals surface area contributed by atoms with E-state index in [-0.39, 0.29) is 5.92 Å². The molecule has 0 bridgehead atoms. The minimum absolute atomic E-state index is 0.138. The summed E-state index contributed by atoms with van der Waals surface area (Å²) in [5.41, 5.74) is 0. The average molecular weight is 232 g/mol. The smallest absolute Gasteiger partial charge is 0.136 e. The zero-order valence-electron chi connectivity index (χ0n) is 10.6. The van der Waals surface area contributed by atoms with Gasteiger partial charge in [-0.25, -0.2) is 9.97 Å². The van der Waals surface area contributed by atoms with Crippen molar-refractivity contribution in [2.45, 2.75) is 39.5 Å². The summed E-state index contributed by atoms with van der Waals surface area (Å²) in [6, 6.07) is 1.81. The Bertz CT molecular complexity index is 375. The highest BCUT2D eigenvalue weighted by atomic mass is 16.1. The molecule has 1 fully saturated rings. The van der Waals surface area contributed by atoms with E-state index in [0.717, 1.165) is 25.1 Å². The summed E-state index contributed by atoms with van der Waals surface area (Å²) in [5.74, 6) is 2.69. The van der Waals surface area contributed by atoms with Crippen LogP contribution in [0.15, 0.2) is 18.5 Å². The van der Waals surface area contributed by atoms with E-state index in [2.05, 4.69) is 23.8 Å². The second kappa shape index (κ2) is 5.39. The lowest BCUT2D eigenvalue weighted by molar-refractivity contribution is -0.126. The lowest BCUT2D eigenvalue weighted by Gasteiger charge is -2.30. The van der Waals surface area contributed by atoms with Gasteiger partial charge in [-0.3, -0.25) is 4.79 Å². The second-order valence-corrected chi connectivity index (χ2v) is 5.31. The molecule has 0 spiro atoms. The van der Waals surface area contributed by atoms with Crippen molar-refractivity contribution in [1.82, 2.24) is 9.97 Å². The maximum absolute atomic E-state index is 11.9. The molecular weight excluding hydrogens is 212 g/mol. The fourth-order valence-corrected chi connectivity index (χ4v) is 2.60. The Morgan fingerprint density at radius 2 is 2.06 bits per heavy atom. The molecule has 1 saturated carbocycles. The molecule has 1 aromatic heterocycles. The van der Waals surface area contributed by atoms with Crippen molar-refractivity contribution in [3.8, 4) is 0 Å². The van der Waals surface area contributed by atoms with Gasteiger partial charge in [-0.05, 0) is 30.7 Å². The molecule has 3 nitrogen and oxygen atoms in total. The fraction of sp³-hybridized carbons (Fsp3) is 0.643. The molecule has 1 heterocycles. The molecule has 0 saturated heterocycles. The van der Waals surface area contributed by atoms with Crippen molar-refractivity contribution in [3.63, 3.8) is 0 Å². The summed E-state index contributed by atoms with van der Waals surface area (Å²) < 4.78 is 0. The van der Waals surface area contributed by atoms with Gasteiger partial charge in [-0.2, -0.15) is 0 Å². The Morgan fingerprint density at radius 1 is 1.35 bits per heavy atom. The fourth-order valence-electron chi connectivity index (χ4n) is 2.60. The summed E-state index contributed by atoms with van der Waals surface area (Å²) in [7, 11) is 0. The third-order valence-corrected chi connectivity index (χ3v) is 3.80. The van der Waals surface area contributed by atoms with Gasteiger partial charge in [0.1, 0.15) is 11.6 Å². The van der Waals surface area contributed by atoms with Crippen LogP contribution in [0.5, 0.6) is 0 Å². The van der Waals surface area contributed by atoms with Crippen LogP contribution in [-0.4, -0.2) is 15.8 Å². The van der Waals surface area contributed by atoms with E-state index >= 15 is 0 Å². The average Bonchev–Trinajstić information content (AvgIpc) is 2.33. The number of rotatable bonds is 3. The summed E-state index contributed by atoms with van der Waals surface area (Å²) in [6.07, 6.45) is 7.01. The first-order valence-electron chi connectivity index (χ1n) is 6.45. The zero-order valence-corrected chi connectivity index (χ0v) is 10.6. The minimum atomic E-state index is 0.138. The van der Waals surface area contributed by atoms with Crippen molar-refractivity contribution in [1.29, 1.82) is 0 Å². The predicted octanol–water partition coefficient (Wildman–Crippen LogP) is 2.66. The van der Waals surface area contributed by atoms with Crippen molar-refractivity contribution in [2.24, 2.45) is 17.8 Å². The highest BCUT2D eigenvalue weighted by molar-refractivity contribution is 5.81. The molecule has 0 N–H and O–H groups in total. The van der Waals surface area contributed by atoms with Crippen LogP contribution in [0.2, 0.25) is 0 Å². The number of aromatic nitrogens is 2. The number of nitrogens with zero attached hydrogens (tertiary/aromatic N) is 2. The Kier molecular flexibility index (Phi) is 3.87. The van der Waals surface area contributed by atoms with Crippen molar-refractivity contribution in [3.05, 3.63) is 24.3 Å². The molecular formula is C14H20N2O. The molecule has 1 aliphatic carbocycles. The second-order valence-electron chi connectivity index (χ2n) is 5.31. The van der Waals surface area contributed by atoms with Crippen LogP contribution in [0.1, 0.15) is 38.9 Å². The molecule has 1 aliphatic rings. The van der Waals surface area contributed by atoms with Crippen LogP contribution in [0.25, 0.3) is 0 Å². The van der Waals surface area contributed by atoms with Gasteiger partial charge in [0.15, 0.2) is 0 Å². The summed E-state index contributed by atoms with van der Waals surface area (Å²) in [4.78, 5) is 20.3. The van der Waals surface area contributed by atoms with E-state index in [4.69, 9.17) is 0 Å². The van der Waals surface area contributed by atoms with Gasteiger partial charge in [-0.15, -0.1) is 0 Å². The van der Waals surface area contributed by atoms with Crippen LogP contribution in [0.3, 0.4) is 0 Å². The molecule has 0 aromatic carbocycles. The number of carbonyl (C=O) groups is 1. The maximum Gasteiger partial charge on any atom is 0.136 e. The van der Waals surface area contributed by atoms with E-state index in [0.29, 0.717) is 24.0 Å². The minimum Gasteiger partial charge on any atom is -0.299 e. The van der Waals surface area contributed by atoms with Gasteiger partial charge in [0.05, 0.1) is 0 Å². The lowest BCUT2D eigenvalue weighted by atomic mass is 9.74. The first-order chi connectivity index (χ1) is 8.16. The van der Waals surface area contributed by atoms with Gasteiger partial charge in [-0.1, -0.05) is 13.8 Å². The van der Waals surface area contributed by atoms with Crippen molar-refractivity contribution in [2.75, 3.05) is 0 Å². The van der Waals surface area contributed by atoms with Crippen LogP contribution in [-0.2, 0) is 11.2 Å². The largest absolute Gasteiger partial charge is 0.299 e. The summed E-state index contributed by atoms with van der Waals surface area (Å²) >= 11 is 0. The molecule has 0 radical (unpaired) electrons. The first-order valence-corrected chi connectivity index (χ1v) is 6.45. The Morgan fingerprint density at radius 3 is 2.71 bits per heavy atom. The summed E-state index contributed by atoms with van der Waals surface area (Å²) in [6.45, 7) is 4.49. The highest BCUT2D eigenvalue weighted by Gasteiger charge is 2.30. The topological polar surface area (TPSA) is 42.9 Å². The molecule has 2 unspecified atom stereocenters. The number of carbonyl (C=O) groups excluding carboxylic acids is 1. The molecule has 17 heavy (non-hydrogen) atoms. The van der Waals surface area contributed by atoms with Gasteiger partial charge >= 0.3 is 0 Å². The third kappa shape index (κ3) is 3.11. The molecule has 92 valence electrons. The zero-order chi connectivity index (χ0) is 12.3. The first kappa shape index (κ1) is 12.2. The number of ketones is 1. The number of Topliss-reactive ketones (excluding diaryl/α,β-unsaturated/α-hetero) is 1. The normalized spacial score (nSPS) is 25.2. The van der Waals surface area contributed by atoms with E-state index in [9.17, 15) is 4.79 Å².